The molecule has 4 bridgehead atoms. The zero-order chi connectivity index (χ0) is 20.2. The van der Waals surface area contributed by atoms with Crippen LogP contribution < -0.4 is 0 Å². The van der Waals surface area contributed by atoms with Crippen molar-refractivity contribution in [2.24, 2.45) is 17.3 Å². The maximum absolute atomic E-state index is 13.0. The van der Waals surface area contributed by atoms with E-state index in [9.17, 15) is 15.2 Å². The Morgan fingerprint density at radius 2 is 2.03 bits per heavy atom. The number of para-hydroxylation sites is 2. The number of nitrogens with zero attached hydrogens (tertiary/aromatic N) is 2. The molecular formula is C22H22BrN3O3. The predicted molar refractivity (Wildman–Crippen MR) is 111 cm³/mol. The van der Waals surface area contributed by atoms with Gasteiger partial charge in [0.05, 0.1) is 16.4 Å². The summed E-state index contributed by atoms with van der Waals surface area (Å²) in [5, 5.41) is 20.0. The molecule has 1 aromatic carbocycles. The highest BCUT2D eigenvalue weighted by Gasteiger charge is 2.60. The molecule has 6 nitrogen and oxygen atoms in total. The van der Waals surface area contributed by atoms with Crippen LogP contribution in [0.15, 0.2) is 30.0 Å². The Hall–Kier alpha value is -2.33. The van der Waals surface area contributed by atoms with Gasteiger partial charge in [-0.1, -0.05) is 28.1 Å². The molecule has 0 saturated heterocycles. The van der Waals surface area contributed by atoms with E-state index in [2.05, 4.69) is 25.9 Å². The minimum Gasteiger partial charge on any atom is -0.507 e. The number of aliphatic hydroxyl groups is 1. The van der Waals surface area contributed by atoms with Crippen molar-refractivity contribution in [3.63, 3.8) is 0 Å². The van der Waals surface area contributed by atoms with E-state index >= 15 is 0 Å². The molecule has 2 unspecified atom stereocenters. The van der Waals surface area contributed by atoms with Crippen molar-refractivity contribution in [2.75, 3.05) is 6.61 Å². The van der Waals surface area contributed by atoms with Crippen LogP contribution in [-0.2, 0) is 9.53 Å². The summed E-state index contributed by atoms with van der Waals surface area (Å²) in [5.41, 5.74) is 1.02. The fourth-order valence-corrected chi connectivity index (χ4v) is 7.53. The van der Waals surface area contributed by atoms with E-state index in [-0.39, 0.29) is 34.1 Å². The Morgan fingerprint density at radius 1 is 1.31 bits per heavy atom. The molecule has 1 aromatic heterocycles. The first-order valence-electron chi connectivity index (χ1n) is 10.0. The largest absolute Gasteiger partial charge is 0.507 e. The summed E-state index contributed by atoms with van der Waals surface area (Å²) in [6, 6.07) is 9.37. The van der Waals surface area contributed by atoms with Gasteiger partial charge in [-0.3, -0.25) is 4.79 Å². The van der Waals surface area contributed by atoms with Gasteiger partial charge in [-0.05, 0) is 62.5 Å². The fraction of sp³-hybridized carbons (Fsp3) is 0.500. The average Bonchev–Trinajstić information content (AvgIpc) is 3.08. The van der Waals surface area contributed by atoms with Crippen LogP contribution in [0.3, 0.4) is 0 Å². The van der Waals surface area contributed by atoms with Gasteiger partial charge in [0, 0.05) is 4.32 Å². The number of aromatic amines is 1. The van der Waals surface area contributed by atoms with Gasteiger partial charge < -0.3 is 14.8 Å². The van der Waals surface area contributed by atoms with Gasteiger partial charge in [0.1, 0.15) is 18.2 Å². The summed E-state index contributed by atoms with van der Waals surface area (Å²) in [5.74, 6) is 0.883. The minimum absolute atomic E-state index is 0.00326. The van der Waals surface area contributed by atoms with Crippen molar-refractivity contribution in [3.05, 3.63) is 35.8 Å². The van der Waals surface area contributed by atoms with Gasteiger partial charge in [-0.25, -0.2) is 4.98 Å². The molecule has 0 amide bonds. The van der Waals surface area contributed by atoms with Crippen molar-refractivity contribution < 1.29 is 14.6 Å². The molecule has 4 aliphatic carbocycles. The summed E-state index contributed by atoms with van der Waals surface area (Å²) in [6.45, 7) is -0.314. The number of halogens is 1. The van der Waals surface area contributed by atoms with E-state index in [1.54, 1.807) is 0 Å². The van der Waals surface area contributed by atoms with E-state index in [0.717, 1.165) is 37.6 Å². The number of imidazole rings is 1. The molecule has 4 fully saturated rings. The van der Waals surface area contributed by atoms with Crippen LogP contribution in [0.1, 0.15) is 44.3 Å². The third-order valence-electron chi connectivity index (χ3n) is 6.79. The summed E-state index contributed by atoms with van der Waals surface area (Å²) < 4.78 is 5.61. The monoisotopic (exact) mass is 455 g/mol. The summed E-state index contributed by atoms with van der Waals surface area (Å²) >= 11 is 3.90. The van der Waals surface area contributed by atoms with Crippen LogP contribution in [0.2, 0.25) is 0 Å². The van der Waals surface area contributed by atoms with Crippen molar-refractivity contribution >= 4 is 38.5 Å². The highest BCUT2D eigenvalue weighted by Crippen LogP contribution is 2.64. The number of esters is 1. The van der Waals surface area contributed by atoms with Crippen LogP contribution in [0.25, 0.3) is 16.6 Å². The predicted octanol–water partition coefficient (Wildman–Crippen LogP) is 4.63. The van der Waals surface area contributed by atoms with Gasteiger partial charge in [-0.2, -0.15) is 5.26 Å². The lowest BCUT2D eigenvalue weighted by Crippen LogP contribution is -2.56. The Balaban J connectivity index is 1.35. The molecule has 2 atom stereocenters. The third kappa shape index (κ3) is 3.14. The summed E-state index contributed by atoms with van der Waals surface area (Å²) in [7, 11) is 0. The average molecular weight is 456 g/mol. The molecule has 4 aliphatic rings. The summed E-state index contributed by atoms with van der Waals surface area (Å²) in [6.07, 6.45) is 6.01. The standard InChI is InChI=1S/C22H22BrN3O3/c23-22-8-13-5-14(9-22)7-21(6-13,12-22)20(28)29-11-18(27)15(10-24)19-25-16-3-1-2-4-17(16)26-19/h1-4,13-14,27H,5-9,11-12H2,(H,25,26). The lowest BCUT2D eigenvalue weighted by Gasteiger charge is -2.58. The number of alkyl halides is 1. The quantitative estimate of drug-likeness (QED) is 0.303. The number of allylic oxidation sites excluding steroid dienone is 1. The number of nitriles is 1. The van der Waals surface area contributed by atoms with E-state index < -0.39 is 5.41 Å². The Bertz CT molecular complexity index is 1020. The fourth-order valence-electron chi connectivity index (χ4n) is 6.07. The number of hydrogen-bond donors (Lipinski definition) is 2. The molecule has 0 spiro atoms. The van der Waals surface area contributed by atoms with Crippen molar-refractivity contribution in [1.82, 2.24) is 9.97 Å². The van der Waals surface area contributed by atoms with E-state index in [4.69, 9.17) is 4.74 Å². The van der Waals surface area contributed by atoms with E-state index in [0.29, 0.717) is 17.4 Å². The molecule has 4 saturated carbocycles. The number of fused-ring (bicyclic) bond motifs is 1. The molecule has 6 rings (SSSR count). The lowest BCUT2D eigenvalue weighted by molar-refractivity contribution is -0.169. The van der Waals surface area contributed by atoms with Gasteiger partial charge >= 0.3 is 5.97 Å². The number of ether oxygens (including phenoxy) is 1. The first kappa shape index (κ1) is 18.7. The Kier molecular flexibility index (Phi) is 4.25. The van der Waals surface area contributed by atoms with Gasteiger partial charge in [-0.15, -0.1) is 0 Å². The first-order valence-corrected chi connectivity index (χ1v) is 10.8. The molecular weight excluding hydrogens is 434 g/mol. The van der Waals surface area contributed by atoms with Gasteiger partial charge in [0.15, 0.2) is 11.6 Å². The minimum atomic E-state index is -0.458. The Morgan fingerprint density at radius 3 is 2.69 bits per heavy atom. The molecule has 1 heterocycles. The van der Waals surface area contributed by atoms with E-state index in [1.165, 1.54) is 6.42 Å². The summed E-state index contributed by atoms with van der Waals surface area (Å²) in [4.78, 5) is 20.4. The number of carbonyl (C=O) groups excluding carboxylic acids is 1. The number of rotatable bonds is 4. The van der Waals surface area contributed by atoms with Crippen LogP contribution in [-0.4, -0.2) is 32.0 Å². The van der Waals surface area contributed by atoms with Crippen molar-refractivity contribution in [2.45, 2.75) is 42.8 Å². The topological polar surface area (TPSA) is 99.0 Å². The first-order chi connectivity index (χ1) is 13.9. The zero-order valence-corrected chi connectivity index (χ0v) is 17.5. The lowest BCUT2D eigenvalue weighted by atomic mass is 9.49. The maximum atomic E-state index is 13.0. The molecule has 29 heavy (non-hydrogen) atoms. The number of carbonyl (C=O) groups is 1. The molecule has 2 N–H and O–H groups in total. The number of aromatic nitrogens is 2. The smallest absolute Gasteiger partial charge is 0.312 e. The number of nitrogens with one attached hydrogen (secondary N) is 1. The van der Waals surface area contributed by atoms with Gasteiger partial charge in [0.2, 0.25) is 0 Å². The molecule has 0 aliphatic heterocycles. The molecule has 2 aromatic rings. The second kappa shape index (κ2) is 6.60. The SMILES string of the molecule is N#CC(=C(O)COC(=O)C12CC3CC(CC(Br)(C3)C1)C2)c1nc2ccccc2[nH]1. The second-order valence-electron chi connectivity index (χ2n) is 9.00. The number of aliphatic hydroxyl groups excluding tert-OH is 1. The van der Waals surface area contributed by atoms with Crippen molar-refractivity contribution in [1.29, 1.82) is 5.26 Å². The Labute approximate surface area is 177 Å². The maximum Gasteiger partial charge on any atom is 0.312 e. The highest BCUT2D eigenvalue weighted by molar-refractivity contribution is 9.10. The zero-order valence-electron chi connectivity index (χ0n) is 15.9. The normalized spacial score (nSPS) is 33.4. The molecule has 150 valence electrons. The van der Waals surface area contributed by atoms with Crippen LogP contribution in [0.4, 0.5) is 0 Å². The molecule has 7 heteroatoms. The van der Waals surface area contributed by atoms with Crippen LogP contribution in [0.5, 0.6) is 0 Å². The van der Waals surface area contributed by atoms with Crippen LogP contribution in [0, 0.1) is 28.6 Å². The highest BCUT2D eigenvalue weighted by atomic mass is 79.9. The second-order valence-corrected chi connectivity index (χ2v) is 10.7. The number of hydrogen-bond acceptors (Lipinski definition) is 5. The van der Waals surface area contributed by atoms with Gasteiger partial charge in [0.25, 0.3) is 0 Å². The third-order valence-corrected chi connectivity index (χ3v) is 7.72. The van der Waals surface area contributed by atoms with E-state index in [1.807, 2.05) is 30.3 Å². The van der Waals surface area contributed by atoms with Crippen LogP contribution >= 0.6 is 15.9 Å². The number of benzene rings is 1. The number of H-pyrrole nitrogens is 1. The molecule has 0 radical (unpaired) electrons. The van der Waals surface area contributed by atoms with Crippen molar-refractivity contribution in [3.8, 4) is 6.07 Å².